The van der Waals surface area contributed by atoms with Gasteiger partial charge in [0.15, 0.2) is 0 Å². The van der Waals surface area contributed by atoms with Gasteiger partial charge in [0.05, 0.1) is 5.92 Å². The van der Waals surface area contributed by atoms with Crippen molar-refractivity contribution in [2.24, 2.45) is 17.6 Å². The number of nitrogens with zero attached hydrogens (tertiary/aromatic N) is 1. The molecule has 0 spiro atoms. The summed E-state index contributed by atoms with van der Waals surface area (Å²) in [5, 5.41) is 8.95. The highest BCUT2D eigenvalue weighted by Crippen LogP contribution is 2.18. The third kappa shape index (κ3) is 4.00. The van der Waals surface area contributed by atoms with E-state index in [1.54, 1.807) is 4.90 Å². The smallest absolute Gasteiger partial charge is 0.308 e. The molecule has 0 saturated carbocycles. The molecule has 0 bridgehead atoms. The maximum absolute atomic E-state index is 11.9. The van der Waals surface area contributed by atoms with E-state index >= 15 is 0 Å². The van der Waals surface area contributed by atoms with Gasteiger partial charge in [0.1, 0.15) is 0 Å². The van der Waals surface area contributed by atoms with E-state index in [1.165, 1.54) is 0 Å². The lowest BCUT2D eigenvalue weighted by atomic mass is 9.96. The van der Waals surface area contributed by atoms with E-state index in [0.29, 0.717) is 25.9 Å². The number of rotatable bonds is 4. The van der Waals surface area contributed by atoms with Crippen molar-refractivity contribution in [2.75, 3.05) is 13.1 Å². The van der Waals surface area contributed by atoms with Gasteiger partial charge in [-0.05, 0) is 18.8 Å². The summed E-state index contributed by atoms with van der Waals surface area (Å²) in [6.07, 6.45) is 1.74. The molecule has 1 amide bonds. The minimum Gasteiger partial charge on any atom is -0.481 e. The number of carbonyl (C=O) groups excluding carboxylic acids is 1. The first-order valence-corrected chi connectivity index (χ1v) is 6.18. The molecule has 0 aliphatic carbocycles. The zero-order valence-corrected chi connectivity index (χ0v) is 10.6. The molecular weight excluding hydrogens is 220 g/mol. The van der Waals surface area contributed by atoms with Crippen LogP contribution in [0.25, 0.3) is 0 Å². The van der Waals surface area contributed by atoms with Crippen LogP contribution < -0.4 is 5.73 Å². The number of piperidine rings is 1. The van der Waals surface area contributed by atoms with Gasteiger partial charge in [0.2, 0.25) is 5.91 Å². The highest BCUT2D eigenvalue weighted by Gasteiger charge is 2.28. The fourth-order valence-electron chi connectivity index (χ4n) is 1.97. The molecule has 1 rings (SSSR count). The molecule has 1 aliphatic heterocycles. The van der Waals surface area contributed by atoms with Crippen molar-refractivity contribution >= 4 is 11.9 Å². The molecule has 0 radical (unpaired) electrons. The fourth-order valence-corrected chi connectivity index (χ4v) is 1.97. The molecular formula is C12H22N2O3. The molecule has 5 heteroatoms. The zero-order chi connectivity index (χ0) is 13.0. The Morgan fingerprint density at radius 2 is 2.12 bits per heavy atom. The molecule has 2 atom stereocenters. The Labute approximate surface area is 102 Å². The zero-order valence-electron chi connectivity index (χ0n) is 10.6. The monoisotopic (exact) mass is 242 g/mol. The first-order chi connectivity index (χ1) is 7.91. The second-order valence-corrected chi connectivity index (χ2v) is 5.13. The molecule has 1 saturated heterocycles. The lowest BCUT2D eigenvalue weighted by Gasteiger charge is -2.31. The summed E-state index contributed by atoms with van der Waals surface area (Å²) >= 11 is 0. The van der Waals surface area contributed by atoms with E-state index < -0.39 is 11.9 Å². The Balaban J connectivity index is 2.49. The molecule has 17 heavy (non-hydrogen) atoms. The molecule has 1 fully saturated rings. The van der Waals surface area contributed by atoms with Crippen molar-refractivity contribution in [2.45, 2.75) is 39.2 Å². The number of carboxylic acids is 1. The fraction of sp³-hybridized carbons (Fsp3) is 0.833. The largest absolute Gasteiger partial charge is 0.481 e. The highest BCUT2D eigenvalue weighted by atomic mass is 16.4. The molecule has 5 nitrogen and oxygen atoms in total. The second kappa shape index (κ2) is 6.00. The Morgan fingerprint density at radius 1 is 1.47 bits per heavy atom. The van der Waals surface area contributed by atoms with Gasteiger partial charge in [-0.15, -0.1) is 0 Å². The first kappa shape index (κ1) is 14.0. The van der Waals surface area contributed by atoms with Gasteiger partial charge in [0.25, 0.3) is 0 Å². The van der Waals surface area contributed by atoms with Crippen molar-refractivity contribution in [1.82, 2.24) is 4.90 Å². The van der Waals surface area contributed by atoms with Gasteiger partial charge in [-0.2, -0.15) is 0 Å². The van der Waals surface area contributed by atoms with Crippen LogP contribution in [0, 0.1) is 11.8 Å². The number of likely N-dealkylation sites (tertiary alicyclic amines) is 1. The van der Waals surface area contributed by atoms with Crippen LogP contribution in [0.5, 0.6) is 0 Å². The Hall–Kier alpha value is -1.10. The Morgan fingerprint density at radius 3 is 2.65 bits per heavy atom. The number of nitrogens with two attached hydrogens (primary N) is 1. The SMILES string of the molecule is CC(C)C(N)CC(=O)N1CCC[C@H](C(=O)O)C1. The van der Waals surface area contributed by atoms with Crippen LogP contribution in [0.4, 0.5) is 0 Å². The van der Waals surface area contributed by atoms with Gasteiger partial charge in [-0.1, -0.05) is 13.8 Å². The van der Waals surface area contributed by atoms with Gasteiger partial charge in [0, 0.05) is 25.6 Å². The summed E-state index contributed by atoms with van der Waals surface area (Å²) in [5.41, 5.74) is 5.85. The minimum atomic E-state index is -0.810. The van der Waals surface area contributed by atoms with Gasteiger partial charge < -0.3 is 15.7 Å². The summed E-state index contributed by atoms with van der Waals surface area (Å²) < 4.78 is 0. The van der Waals surface area contributed by atoms with Crippen LogP contribution in [0.3, 0.4) is 0 Å². The Bertz CT molecular complexity index is 291. The third-order valence-electron chi connectivity index (χ3n) is 3.39. The molecule has 0 aromatic rings. The number of carboxylic acid groups (broad SMARTS) is 1. The molecule has 0 aromatic heterocycles. The van der Waals surface area contributed by atoms with E-state index in [-0.39, 0.29) is 17.9 Å². The molecule has 0 aromatic carbocycles. The molecule has 1 unspecified atom stereocenters. The van der Waals surface area contributed by atoms with E-state index in [9.17, 15) is 9.59 Å². The standard InChI is InChI=1S/C12H22N2O3/c1-8(2)10(13)6-11(15)14-5-3-4-9(7-14)12(16)17/h8-10H,3-7,13H2,1-2H3,(H,16,17)/t9-,10?/m0/s1. The number of amides is 1. The van der Waals surface area contributed by atoms with E-state index in [2.05, 4.69) is 0 Å². The van der Waals surface area contributed by atoms with Crippen LogP contribution in [0.1, 0.15) is 33.1 Å². The molecule has 1 aliphatic rings. The minimum absolute atomic E-state index is 0.0165. The van der Waals surface area contributed by atoms with Crippen molar-refractivity contribution in [3.05, 3.63) is 0 Å². The van der Waals surface area contributed by atoms with E-state index in [1.807, 2.05) is 13.8 Å². The number of aliphatic carboxylic acids is 1. The lowest BCUT2D eigenvalue weighted by Crippen LogP contribution is -2.44. The Kier molecular flexibility index (Phi) is 4.93. The van der Waals surface area contributed by atoms with Crippen molar-refractivity contribution in [3.63, 3.8) is 0 Å². The maximum atomic E-state index is 11.9. The maximum Gasteiger partial charge on any atom is 0.308 e. The van der Waals surface area contributed by atoms with E-state index in [4.69, 9.17) is 10.8 Å². The van der Waals surface area contributed by atoms with Crippen molar-refractivity contribution in [1.29, 1.82) is 0 Å². The number of hydrogen-bond donors (Lipinski definition) is 2. The normalized spacial score (nSPS) is 22.6. The van der Waals surface area contributed by atoms with Crippen LogP contribution >= 0.6 is 0 Å². The quantitative estimate of drug-likeness (QED) is 0.759. The highest BCUT2D eigenvalue weighted by molar-refractivity contribution is 5.78. The van der Waals surface area contributed by atoms with Gasteiger partial charge >= 0.3 is 5.97 Å². The van der Waals surface area contributed by atoms with Crippen LogP contribution in [0.2, 0.25) is 0 Å². The van der Waals surface area contributed by atoms with Gasteiger partial charge in [-0.3, -0.25) is 9.59 Å². The predicted molar refractivity (Wildman–Crippen MR) is 64.4 cm³/mol. The number of hydrogen-bond acceptors (Lipinski definition) is 3. The topological polar surface area (TPSA) is 83.6 Å². The van der Waals surface area contributed by atoms with Crippen molar-refractivity contribution < 1.29 is 14.7 Å². The van der Waals surface area contributed by atoms with Crippen molar-refractivity contribution in [3.8, 4) is 0 Å². The summed E-state index contributed by atoms with van der Waals surface area (Å²) in [4.78, 5) is 24.5. The summed E-state index contributed by atoms with van der Waals surface area (Å²) in [7, 11) is 0. The third-order valence-corrected chi connectivity index (χ3v) is 3.39. The van der Waals surface area contributed by atoms with Crippen LogP contribution in [-0.2, 0) is 9.59 Å². The predicted octanol–water partition coefficient (Wildman–Crippen LogP) is 0.683. The summed E-state index contributed by atoms with van der Waals surface area (Å²) in [6.45, 7) is 4.95. The molecule has 3 N–H and O–H groups in total. The summed E-state index contributed by atoms with van der Waals surface area (Å²) in [6, 6.07) is -0.146. The van der Waals surface area contributed by atoms with Gasteiger partial charge in [-0.25, -0.2) is 0 Å². The van der Waals surface area contributed by atoms with Crippen LogP contribution in [-0.4, -0.2) is 41.0 Å². The average Bonchev–Trinajstić information content (AvgIpc) is 2.28. The van der Waals surface area contributed by atoms with Crippen LogP contribution in [0.15, 0.2) is 0 Å². The molecule has 1 heterocycles. The molecule has 98 valence electrons. The second-order valence-electron chi connectivity index (χ2n) is 5.13. The number of carbonyl (C=O) groups is 2. The lowest BCUT2D eigenvalue weighted by molar-refractivity contribution is -0.145. The summed E-state index contributed by atoms with van der Waals surface area (Å²) in [5.74, 6) is -0.977. The first-order valence-electron chi connectivity index (χ1n) is 6.18. The average molecular weight is 242 g/mol. The van der Waals surface area contributed by atoms with E-state index in [0.717, 1.165) is 6.42 Å².